The van der Waals surface area contributed by atoms with Gasteiger partial charge in [-0.05, 0) is 55.3 Å². The minimum absolute atomic E-state index is 0.0186. The zero-order chi connectivity index (χ0) is 30.0. The fourth-order valence-electron chi connectivity index (χ4n) is 4.16. The predicted octanol–water partition coefficient (Wildman–Crippen LogP) is 7.00. The van der Waals surface area contributed by atoms with Gasteiger partial charge in [-0.2, -0.15) is 26.3 Å². The molecule has 2 atom stereocenters. The number of anilines is 1. The molecule has 0 radical (unpaired) electrons. The second-order valence-electron chi connectivity index (χ2n) is 8.69. The van der Waals surface area contributed by atoms with Crippen LogP contribution in [0.4, 0.5) is 54.8 Å². The number of alkyl carbamates (subject to hydrolysis) is 1. The number of carbonyl (C=O) groups is 2. The molecular weight excluding hydrogens is 567 g/mol. The summed E-state index contributed by atoms with van der Waals surface area (Å²) in [5.41, 5.74) is -3.30. The molecule has 1 aliphatic rings. The number of alkyl halides is 9. The van der Waals surface area contributed by atoms with Gasteiger partial charge < -0.3 is 19.5 Å². The molecule has 2 aromatic rings. The van der Waals surface area contributed by atoms with Gasteiger partial charge in [0, 0.05) is 18.0 Å². The van der Waals surface area contributed by atoms with E-state index in [-0.39, 0.29) is 23.7 Å². The fourth-order valence-corrected chi connectivity index (χ4v) is 4.16. The van der Waals surface area contributed by atoms with Crippen molar-refractivity contribution in [2.24, 2.45) is 0 Å². The van der Waals surface area contributed by atoms with Crippen LogP contribution in [-0.2, 0) is 28.2 Å². The highest BCUT2D eigenvalue weighted by Crippen LogP contribution is 2.41. The molecule has 2 aromatic carbocycles. The van der Waals surface area contributed by atoms with Crippen molar-refractivity contribution in [3.63, 3.8) is 0 Å². The van der Waals surface area contributed by atoms with Crippen molar-refractivity contribution in [2.75, 3.05) is 18.6 Å². The summed E-state index contributed by atoms with van der Waals surface area (Å²) in [6.07, 6.45) is -17.6. The number of ether oxygens (including phenoxy) is 3. The summed E-state index contributed by atoms with van der Waals surface area (Å²) < 4.78 is 130. The molecule has 0 saturated carbocycles. The Morgan fingerprint density at radius 2 is 1.55 bits per heavy atom. The average Bonchev–Trinajstić information content (AvgIpc) is 2.81. The highest BCUT2D eigenvalue weighted by molar-refractivity contribution is 5.90. The topological polar surface area (TPSA) is 77.1 Å². The van der Waals surface area contributed by atoms with Crippen LogP contribution < -0.4 is 15.0 Å². The Balaban J connectivity index is 1.77. The van der Waals surface area contributed by atoms with Gasteiger partial charge in [0.1, 0.15) is 5.75 Å². The summed E-state index contributed by atoms with van der Waals surface area (Å²) in [5, 5.41) is 2.39. The predicted molar refractivity (Wildman–Crippen MR) is 119 cm³/mol. The number of rotatable bonds is 5. The van der Waals surface area contributed by atoms with Crippen LogP contribution in [0.15, 0.2) is 36.4 Å². The second-order valence-corrected chi connectivity index (χ2v) is 8.69. The van der Waals surface area contributed by atoms with E-state index in [9.17, 15) is 49.1 Å². The van der Waals surface area contributed by atoms with Gasteiger partial charge in [-0.3, -0.25) is 4.90 Å². The van der Waals surface area contributed by atoms with Crippen LogP contribution in [0.1, 0.15) is 41.6 Å². The minimum atomic E-state index is -5.05. The van der Waals surface area contributed by atoms with Gasteiger partial charge in [-0.15, -0.1) is 13.2 Å². The van der Waals surface area contributed by atoms with E-state index in [2.05, 4.69) is 10.1 Å². The number of fused-ring (bicyclic) bond motifs is 1. The number of carbonyl (C=O) groups excluding carboxylic acids is 2. The molecular formula is C24H21F9N2O5. The van der Waals surface area contributed by atoms with E-state index in [1.54, 1.807) is 6.92 Å². The van der Waals surface area contributed by atoms with Crippen molar-refractivity contribution < 1.29 is 63.3 Å². The van der Waals surface area contributed by atoms with E-state index in [0.29, 0.717) is 12.1 Å². The third kappa shape index (κ3) is 7.63. The Hall–Kier alpha value is -3.85. The van der Waals surface area contributed by atoms with Crippen LogP contribution in [0.2, 0.25) is 0 Å². The molecule has 0 aromatic heterocycles. The molecule has 1 N–H and O–H groups in total. The fraction of sp³-hybridized carbons (Fsp3) is 0.417. The molecule has 0 bridgehead atoms. The summed E-state index contributed by atoms with van der Waals surface area (Å²) in [6.45, 7) is 0.955. The van der Waals surface area contributed by atoms with Crippen LogP contribution in [0.3, 0.4) is 0 Å². The standard InChI is InChI=1S/C24H21F9N2O5/c1-12-7-18(17-11-16(40-24(31,32)33)3-4-19(17)35(12)21(37)38-2)34-20(36)39-6-5-13-8-14(22(25,26)27)10-15(9-13)23(28,29)30/h3-4,8-12,18H,5-7H2,1-2H3,(H,34,36)/t12-,18+/m1/s1. The first kappa shape index (κ1) is 30.7. The van der Waals surface area contributed by atoms with Crippen LogP contribution >= 0.6 is 0 Å². The molecule has 2 amide bonds. The van der Waals surface area contributed by atoms with Crippen molar-refractivity contribution in [3.8, 4) is 5.75 Å². The van der Waals surface area contributed by atoms with Gasteiger partial charge in [0.25, 0.3) is 0 Å². The first-order valence-corrected chi connectivity index (χ1v) is 11.4. The smallest absolute Gasteiger partial charge is 0.452 e. The molecule has 3 rings (SSSR count). The van der Waals surface area contributed by atoms with Crippen molar-refractivity contribution in [2.45, 2.75) is 50.6 Å². The molecule has 40 heavy (non-hydrogen) atoms. The largest absolute Gasteiger partial charge is 0.573 e. The van der Waals surface area contributed by atoms with E-state index < -0.39 is 78.5 Å². The lowest BCUT2D eigenvalue weighted by Gasteiger charge is -2.38. The van der Waals surface area contributed by atoms with Crippen LogP contribution in [0.5, 0.6) is 5.75 Å². The number of halogens is 9. The zero-order valence-corrected chi connectivity index (χ0v) is 20.6. The maximum absolute atomic E-state index is 13.1. The lowest BCUT2D eigenvalue weighted by atomic mass is 9.92. The van der Waals surface area contributed by atoms with Gasteiger partial charge in [0.05, 0.1) is 36.6 Å². The van der Waals surface area contributed by atoms with Gasteiger partial charge in [-0.25, -0.2) is 9.59 Å². The normalized spacial score (nSPS) is 17.6. The quantitative estimate of drug-likeness (QED) is 0.381. The molecule has 0 fully saturated rings. The molecule has 0 saturated heterocycles. The Morgan fingerprint density at radius 1 is 0.950 bits per heavy atom. The number of amides is 2. The van der Waals surface area contributed by atoms with Gasteiger partial charge in [0.2, 0.25) is 0 Å². The summed E-state index contributed by atoms with van der Waals surface area (Å²) in [7, 11) is 1.10. The molecule has 16 heteroatoms. The molecule has 1 heterocycles. The van der Waals surface area contributed by atoms with Crippen molar-refractivity contribution >= 4 is 17.9 Å². The van der Waals surface area contributed by atoms with Gasteiger partial charge >= 0.3 is 30.9 Å². The molecule has 0 spiro atoms. The molecule has 220 valence electrons. The lowest BCUT2D eigenvalue weighted by Crippen LogP contribution is -2.46. The SMILES string of the molecule is COC(=O)N1c2ccc(OC(F)(F)F)cc2[C@@H](NC(=O)OCCc2cc(C(F)(F)F)cc(C(F)(F)F)c2)C[C@H]1C. The number of nitrogens with one attached hydrogen (secondary N) is 1. The molecule has 0 unspecified atom stereocenters. The van der Waals surface area contributed by atoms with Crippen LogP contribution in [-0.4, -0.2) is 38.3 Å². The Morgan fingerprint density at radius 3 is 2.08 bits per heavy atom. The number of hydrogen-bond acceptors (Lipinski definition) is 5. The van der Waals surface area contributed by atoms with Crippen molar-refractivity contribution in [1.82, 2.24) is 5.32 Å². The first-order chi connectivity index (χ1) is 18.4. The third-order valence-corrected chi connectivity index (χ3v) is 5.82. The summed E-state index contributed by atoms with van der Waals surface area (Å²) >= 11 is 0. The monoisotopic (exact) mass is 588 g/mol. The lowest BCUT2D eigenvalue weighted by molar-refractivity contribution is -0.274. The number of hydrogen-bond donors (Lipinski definition) is 1. The summed E-state index contributed by atoms with van der Waals surface area (Å²) in [6, 6.07) is 2.41. The number of methoxy groups -OCH3 is 1. The average molecular weight is 588 g/mol. The van der Waals surface area contributed by atoms with E-state index >= 15 is 0 Å². The highest BCUT2D eigenvalue weighted by atomic mass is 19.4. The Kier molecular flexibility index (Phi) is 8.69. The van der Waals surface area contributed by atoms with Crippen molar-refractivity contribution in [1.29, 1.82) is 0 Å². The Labute approximate surface area is 220 Å². The second kappa shape index (κ2) is 11.3. The van der Waals surface area contributed by atoms with Crippen molar-refractivity contribution in [3.05, 3.63) is 58.7 Å². The summed E-state index contributed by atoms with van der Waals surface area (Å²) in [4.78, 5) is 25.9. The minimum Gasteiger partial charge on any atom is -0.452 e. The Bertz CT molecular complexity index is 1210. The molecule has 1 aliphatic heterocycles. The van der Waals surface area contributed by atoms with E-state index in [4.69, 9.17) is 9.47 Å². The highest BCUT2D eigenvalue weighted by Gasteiger charge is 2.38. The van der Waals surface area contributed by atoms with E-state index in [1.807, 2.05) is 0 Å². The molecule has 7 nitrogen and oxygen atoms in total. The zero-order valence-electron chi connectivity index (χ0n) is 20.6. The van der Waals surface area contributed by atoms with Gasteiger partial charge in [0.15, 0.2) is 0 Å². The number of benzene rings is 2. The van der Waals surface area contributed by atoms with E-state index in [0.717, 1.165) is 30.2 Å². The van der Waals surface area contributed by atoms with Crippen LogP contribution in [0.25, 0.3) is 0 Å². The molecule has 0 aliphatic carbocycles. The summed E-state index contributed by atoms with van der Waals surface area (Å²) in [5.74, 6) is -0.643. The number of nitrogens with zero attached hydrogens (tertiary/aromatic N) is 1. The van der Waals surface area contributed by atoms with Crippen LogP contribution in [0, 0.1) is 0 Å². The van der Waals surface area contributed by atoms with E-state index in [1.165, 1.54) is 0 Å². The third-order valence-electron chi connectivity index (χ3n) is 5.82. The van der Waals surface area contributed by atoms with Gasteiger partial charge in [-0.1, -0.05) is 0 Å². The maximum atomic E-state index is 13.1. The first-order valence-electron chi connectivity index (χ1n) is 11.4. The maximum Gasteiger partial charge on any atom is 0.573 e.